The van der Waals surface area contributed by atoms with Gasteiger partial charge in [0, 0.05) is 18.3 Å². The first-order chi connectivity index (χ1) is 12.5. The second-order valence-electron chi connectivity index (χ2n) is 6.58. The fraction of sp³-hybridized carbons (Fsp3) is 0.444. The number of amides is 1. The molecular weight excluding hydrogens is 354 g/mol. The summed E-state index contributed by atoms with van der Waals surface area (Å²) in [4.78, 5) is 23.5. The smallest absolute Gasteiger partial charge is 0.212 e. The number of pyridine rings is 1. The van der Waals surface area contributed by atoms with Crippen molar-refractivity contribution in [2.24, 2.45) is 5.92 Å². The standard InChI is InChI=1S/C18H22ClN5O2/c1-11-3-13(4-12(2)26-11)6-21-18-9-20-8-16(24-18)14-5-17(23-10-25)22-7-15(14)19/h5,7-13H,3-4,6H2,1-2H3,(H,21,24)(H,22,23,25). The summed E-state index contributed by atoms with van der Waals surface area (Å²) in [6, 6.07) is 1.67. The molecule has 2 unspecified atom stereocenters. The molecule has 1 aliphatic rings. The molecule has 1 fully saturated rings. The number of aromatic nitrogens is 3. The number of ether oxygens (including phenoxy) is 1. The van der Waals surface area contributed by atoms with Crippen LogP contribution in [-0.2, 0) is 9.53 Å². The maximum absolute atomic E-state index is 10.6. The highest BCUT2D eigenvalue weighted by molar-refractivity contribution is 6.33. The topological polar surface area (TPSA) is 89.0 Å². The SMILES string of the molecule is CC1CC(CNc2cncc(-c3cc(NC=O)ncc3Cl)n2)CC(C)O1. The largest absolute Gasteiger partial charge is 0.376 e. The minimum Gasteiger partial charge on any atom is -0.376 e. The van der Waals surface area contributed by atoms with Crippen molar-refractivity contribution in [1.82, 2.24) is 15.0 Å². The zero-order chi connectivity index (χ0) is 18.5. The third-order valence-electron chi connectivity index (χ3n) is 4.34. The van der Waals surface area contributed by atoms with Gasteiger partial charge >= 0.3 is 0 Å². The van der Waals surface area contributed by atoms with Gasteiger partial charge in [-0.05, 0) is 38.7 Å². The zero-order valence-corrected chi connectivity index (χ0v) is 15.5. The lowest BCUT2D eigenvalue weighted by Crippen LogP contribution is -2.32. The molecule has 2 aromatic heterocycles. The summed E-state index contributed by atoms with van der Waals surface area (Å²) in [6.45, 7) is 5.04. The Hall–Kier alpha value is -2.25. The van der Waals surface area contributed by atoms with Crippen molar-refractivity contribution < 1.29 is 9.53 Å². The van der Waals surface area contributed by atoms with Gasteiger partial charge in [0.05, 0.1) is 35.3 Å². The van der Waals surface area contributed by atoms with Gasteiger partial charge in [-0.2, -0.15) is 0 Å². The van der Waals surface area contributed by atoms with Crippen molar-refractivity contribution in [3.05, 3.63) is 29.7 Å². The molecule has 2 atom stereocenters. The van der Waals surface area contributed by atoms with Crippen LogP contribution >= 0.6 is 11.6 Å². The van der Waals surface area contributed by atoms with Crippen LogP contribution in [0.3, 0.4) is 0 Å². The number of nitrogens with zero attached hydrogens (tertiary/aromatic N) is 3. The van der Waals surface area contributed by atoms with Crippen molar-refractivity contribution >= 4 is 29.6 Å². The van der Waals surface area contributed by atoms with Crippen molar-refractivity contribution in [1.29, 1.82) is 0 Å². The molecule has 0 aliphatic carbocycles. The Morgan fingerprint density at radius 3 is 2.73 bits per heavy atom. The van der Waals surface area contributed by atoms with Crippen LogP contribution in [0.4, 0.5) is 11.6 Å². The Morgan fingerprint density at radius 2 is 2.00 bits per heavy atom. The van der Waals surface area contributed by atoms with E-state index in [1.165, 1.54) is 6.20 Å². The minimum absolute atomic E-state index is 0.280. The van der Waals surface area contributed by atoms with E-state index in [1.54, 1.807) is 18.5 Å². The van der Waals surface area contributed by atoms with Gasteiger partial charge in [0.2, 0.25) is 6.41 Å². The van der Waals surface area contributed by atoms with Crippen molar-refractivity contribution in [2.75, 3.05) is 17.2 Å². The zero-order valence-electron chi connectivity index (χ0n) is 14.8. The Morgan fingerprint density at radius 1 is 1.23 bits per heavy atom. The van der Waals surface area contributed by atoms with Crippen LogP contribution < -0.4 is 10.6 Å². The maximum atomic E-state index is 10.6. The van der Waals surface area contributed by atoms with Crippen molar-refractivity contribution in [3.8, 4) is 11.3 Å². The molecule has 3 heterocycles. The fourth-order valence-corrected chi connectivity index (χ4v) is 3.51. The van der Waals surface area contributed by atoms with Gasteiger partial charge in [-0.25, -0.2) is 9.97 Å². The number of hydrogen-bond donors (Lipinski definition) is 2. The first-order valence-electron chi connectivity index (χ1n) is 8.62. The van der Waals surface area contributed by atoms with E-state index in [9.17, 15) is 4.79 Å². The Balaban J connectivity index is 1.72. The van der Waals surface area contributed by atoms with E-state index in [2.05, 4.69) is 39.4 Å². The molecule has 3 rings (SSSR count). The number of carbonyl (C=O) groups is 1. The molecular formula is C18H22ClN5O2. The Bertz CT molecular complexity index is 763. The maximum Gasteiger partial charge on any atom is 0.212 e. The highest BCUT2D eigenvalue weighted by Gasteiger charge is 2.24. The van der Waals surface area contributed by atoms with Gasteiger partial charge in [-0.3, -0.25) is 9.78 Å². The van der Waals surface area contributed by atoms with Crippen LogP contribution in [0.1, 0.15) is 26.7 Å². The third-order valence-corrected chi connectivity index (χ3v) is 4.64. The summed E-state index contributed by atoms with van der Waals surface area (Å²) in [7, 11) is 0. The average Bonchev–Trinajstić information content (AvgIpc) is 2.61. The molecule has 1 aliphatic heterocycles. The lowest BCUT2D eigenvalue weighted by Gasteiger charge is -2.32. The molecule has 26 heavy (non-hydrogen) atoms. The van der Waals surface area contributed by atoms with Crippen LogP contribution in [0.2, 0.25) is 5.02 Å². The number of rotatable bonds is 6. The van der Waals surface area contributed by atoms with E-state index in [0.717, 1.165) is 19.4 Å². The van der Waals surface area contributed by atoms with Gasteiger partial charge in [0.15, 0.2) is 0 Å². The number of carbonyl (C=O) groups excluding carboxylic acids is 1. The molecule has 0 aromatic carbocycles. The molecule has 7 nitrogen and oxygen atoms in total. The minimum atomic E-state index is 0.280. The first kappa shape index (κ1) is 18.5. The fourth-order valence-electron chi connectivity index (χ4n) is 3.31. The summed E-state index contributed by atoms with van der Waals surface area (Å²) in [5.41, 5.74) is 1.28. The summed E-state index contributed by atoms with van der Waals surface area (Å²) in [6.07, 6.45) is 7.99. The van der Waals surface area contributed by atoms with Crippen LogP contribution in [0.15, 0.2) is 24.7 Å². The lowest BCUT2D eigenvalue weighted by atomic mass is 9.92. The van der Waals surface area contributed by atoms with E-state index in [1.807, 2.05) is 0 Å². The number of nitrogens with one attached hydrogen (secondary N) is 2. The highest BCUT2D eigenvalue weighted by Crippen LogP contribution is 2.28. The molecule has 0 bridgehead atoms. The highest BCUT2D eigenvalue weighted by atomic mass is 35.5. The van der Waals surface area contributed by atoms with Gasteiger partial charge in [-0.1, -0.05) is 11.6 Å². The van der Waals surface area contributed by atoms with E-state index < -0.39 is 0 Å². The lowest BCUT2D eigenvalue weighted by molar-refractivity contribution is -0.105. The molecule has 0 radical (unpaired) electrons. The average molecular weight is 376 g/mol. The molecule has 0 spiro atoms. The number of hydrogen-bond acceptors (Lipinski definition) is 6. The van der Waals surface area contributed by atoms with E-state index in [4.69, 9.17) is 16.3 Å². The molecule has 1 amide bonds. The van der Waals surface area contributed by atoms with Gasteiger partial charge in [0.25, 0.3) is 0 Å². The predicted molar refractivity (Wildman–Crippen MR) is 101 cm³/mol. The first-order valence-corrected chi connectivity index (χ1v) is 9.00. The molecule has 1 saturated heterocycles. The van der Waals surface area contributed by atoms with Gasteiger partial charge in [0.1, 0.15) is 11.6 Å². The van der Waals surface area contributed by atoms with Gasteiger partial charge in [-0.15, -0.1) is 0 Å². The van der Waals surface area contributed by atoms with Crippen LogP contribution in [0.5, 0.6) is 0 Å². The van der Waals surface area contributed by atoms with E-state index in [0.29, 0.717) is 40.2 Å². The van der Waals surface area contributed by atoms with Crippen LogP contribution in [0, 0.1) is 5.92 Å². The van der Waals surface area contributed by atoms with E-state index >= 15 is 0 Å². The molecule has 8 heteroatoms. The summed E-state index contributed by atoms with van der Waals surface area (Å²) in [5.74, 6) is 1.63. The molecule has 2 N–H and O–H groups in total. The second-order valence-corrected chi connectivity index (χ2v) is 6.98. The molecule has 2 aromatic rings. The third kappa shape index (κ3) is 4.68. The quantitative estimate of drug-likeness (QED) is 0.752. The number of anilines is 2. The number of halogens is 1. The Labute approximate surface area is 157 Å². The summed E-state index contributed by atoms with van der Waals surface area (Å²) in [5, 5.41) is 6.32. The monoisotopic (exact) mass is 375 g/mol. The van der Waals surface area contributed by atoms with Gasteiger partial charge < -0.3 is 15.4 Å². The normalized spacial score (nSPS) is 22.7. The predicted octanol–water partition coefficient (Wildman–Crippen LogP) is 3.38. The van der Waals surface area contributed by atoms with Crippen molar-refractivity contribution in [3.63, 3.8) is 0 Å². The summed E-state index contributed by atoms with van der Waals surface area (Å²) >= 11 is 6.23. The molecule has 0 saturated carbocycles. The van der Waals surface area contributed by atoms with Crippen LogP contribution in [0.25, 0.3) is 11.3 Å². The Kier molecular flexibility index (Phi) is 6.00. The summed E-state index contributed by atoms with van der Waals surface area (Å²) < 4.78 is 5.78. The van der Waals surface area contributed by atoms with E-state index in [-0.39, 0.29) is 12.2 Å². The van der Waals surface area contributed by atoms with Crippen LogP contribution in [-0.4, -0.2) is 40.1 Å². The second kappa shape index (κ2) is 8.42. The molecule has 138 valence electrons. The van der Waals surface area contributed by atoms with Crippen molar-refractivity contribution in [2.45, 2.75) is 38.9 Å².